The van der Waals surface area contributed by atoms with Crippen LogP contribution < -0.4 is 5.73 Å². The lowest BCUT2D eigenvalue weighted by Crippen LogP contribution is -2.59. The summed E-state index contributed by atoms with van der Waals surface area (Å²) >= 11 is 0. The molecule has 6 heteroatoms. The third-order valence-electron chi connectivity index (χ3n) is 6.93. The number of primary amides is 1. The van der Waals surface area contributed by atoms with Crippen molar-refractivity contribution in [3.05, 3.63) is 29.6 Å². The lowest BCUT2D eigenvalue weighted by Gasteiger charge is -2.56. The topological polar surface area (TPSA) is 77.7 Å². The average Bonchev–Trinajstić information content (AvgIpc) is 2.68. The second kappa shape index (κ2) is 7.86. The van der Waals surface area contributed by atoms with Gasteiger partial charge in [-0.15, -0.1) is 0 Å². The van der Waals surface area contributed by atoms with E-state index in [1.165, 1.54) is 25.8 Å². The molecule has 1 aromatic rings. The molecule has 2 saturated heterocycles. The Kier molecular flexibility index (Phi) is 5.48. The maximum absolute atomic E-state index is 11.6. The molecule has 1 saturated carbocycles. The number of piperidine rings is 1. The number of methoxy groups -OCH3 is 1. The zero-order valence-corrected chi connectivity index (χ0v) is 16.2. The fraction of sp³-hybridized carbons (Fsp3) is 0.714. The Hall–Kier alpha value is -1.50. The highest BCUT2D eigenvalue weighted by molar-refractivity contribution is 5.90. The molecule has 3 aliphatic rings. The second-order valence-electron chi connectivity index (χ2n) is 8.39. The van der Waals surface area contributed by atoms with Crippen LogP contribution in [0.2, 0.25) is 0 Å². The molecular weight excluding hydrogens is 342 g/mol. The van der Waals surface area contributed by atoms with Crippen molar-refractivity contribution < 1.29 is 14.3 Å². The molecule has 6 nitrogen and oxygen atoms in total. The Balaban J connectivity index is 1.58. The van der Waals surface area contributed by atoms with Gasteiger partial charge in [-0.25, -0.2) is 0 Å². The molecule has 0 spiro atoms. The van der Waals surface area contributed by atoms with Crippen molar-refractivity contribution in [2.75, 3.05) is 40.0 Å². The molecule has 0 aromatic carbocycles. The maximum atomic E-state index is 11.6. The van der Waals surface area contributed by atoms with Gasteiger partial charge in [-0.05, 0) is 49.3 Å². The first kappa shape index (κ1) is 18.8. The predicted molar refractivity (Wildman–Crippen MR) is 102 cm³/mol. The number of nitrogens with zero attached hydrogens (tertiary/aromatic N) is 2. The van der Waals surface area contributed by atoms with Crippen LogP contribution in [0.15, 0.2) is 18.3 Å². The fourth-order valence-corrected chi connectivity index (χ4v) is 5.70. The number of aromatic nitrogens is 1. The first-order valence-electron chi connectivity index (χ1n) is 10.2. The highest BCUT2D eigenvalue weighted by atomic mass is 16.5. The molecule has 2 N–H and O–H groups in total. The summed E-state index contributed by atoms with van der Waals surface area (Å²) in [7, 11) is 1.82. The first-order chi connectivity index (χ1) is 13.1. The number of carbonyl (C=O) groups excluding carboxylic acids is 1. The van der Waals surface area contributed by atoms with Gasteiger partial charge in [-0.2, -0.15) is 0 Å². The van der Waals surface area contributed by atoms with Crippen molar-refractivity contribution in [2.45, 2.75) is 37.7 Å². The highest BCUT2D eigenvalue weighted by Gasteiger charge is 2.53. The molecule has 4 rings (SSSR count). The van der Waals surface area contributed by atoms with Gasteiger partial charge in [-0.1, -0.05) is 6.42 Å². The van der Waals surface area contributed by atoms with Crippen molar-refractivity contribution in [3.8, 4) is 0 Å². The second-order valence-corrected chi connectivity index (χ2v) is 8.39. The molecule has 2 bridgehead atoms. The molecule has 3 fully saturated rings. The van der Waals surface area contributed by atoms with Crippen LogP contribution >= 0.6 is 0 Å². The lowest BCUT2D eigenvalue weighted by atomic mass is 9.62. The minimum Gasteiger partial charge on any atom is -0.381 e. The number of amides is 1. The average molecular weight is 373 g/mol. The van der Waals surface area contributed by atoms with E-state index in [0.717, 1.165) is 50.6 Å². The van der Waals surface area contributed by atoms with E-state index < -0.39 is 5.91 Å². The number of rotatable bonds is 5. The Morgan fingerprint density at radius 2 is 2.00 bits per heavy atom. The minimum atomic E-state index is -0.481. The van der Waals surface area contributed by atoms with Crippen LogP contribution in [0.4, 0.5) is 0 Å². The van der Waals surface area contributed by atoms with Gasteiger partial charge in [0.2, 0.25) is 0 Å². The largest absolute Gasteiger partial charge is 0.381 e. The van der Waals surface area contributed by atoms with Crippen molar-refractivity contribution in [2.24, 2.45) is 23.5 Å². The van der Waals surface area contributed by atoms with E-state index in [2.05, 4.69) is 9.88 Å². The molecule has 27 heavy (non-hydrogen) atoms. The van der Waals surface area contributed by atoms with Gasteiger partial charge in [0.15, 0.2) is 0 Å². The number of hydrogen-bond donors (Lipinski definition) is 1. The number of likely N-dealkylation sites (tertiary alicyclic amines) is 1. The van der Waals surface area contributed by atoms with Crippen molar-refractivity contribution >= 4 is 5.91 Å². The van der Waals surface area contributed by atoms with Crippen LogP contribution in [0, 0.1) is 17.8 Å². The fourth-order valence-electron chi connectivity index (χ4n) is 5.70. The number of pyridine rings is 1. The van der Waals surface area contributed by atoms with E-state index in [-0.39, 0.29) is 5.60 Å². The summed E-state index contributed by atoms with van der Waals surface area (Å²) in [5.41, 5.74) is 6.53. The van der Waals surface area contributed by atoms with Gasteiger partial charge in [0.1, 0.15) is 11.3 Å². The SMILES string of the molecule is CO[C@]1(c2ccnc(C(N)=O)c2)[C@@H]2CCC[C@H]1CN(CC1CCOCC1)C2. The summed E-state index contributed by atoms with van der Waals surface area (Å²) in [5, 5.41) is 0. The Morgan fingerprint density at radius 1 is 1.30 bits per heavy atom. The molecular formula is C21H31N3O3. The van der Waals surface area contributed by atoms with Gasteiger partial charge in [0.25, 0.3) is 5.91 Å². The van der Waals surface area contributed by atoms with Gasteiger partial charge >= 0.3 is 0 Å². The number of carbonyl (C=O) groups is 1. The zero-order chi connectivity index (χ0) is 18.9. The van der Waals surface area contributed by atoms with E-state index in [1.807, 2.05) is 19.2 Å². The molecule has 1 amide bonds. The predicted octanol–water partition coefficient (Wildman–Crippen LogP) is 2.18. The normalized spacial score (nSPS) is 32.3. The summed E-state index contributed by atoms with van der Waals surface area (Å²) in [6, 6.07) is 3.86. The third kappa shape index (κ3) is 3.50. The summed E-state index contributed by atoms with van der Waals surface area (Å²) in [5.74, 6) is 1.12. The van der Waals surface area contributed by atoms with Crippen LogP contribution in [0.5, 0.6) is 0 Å². The number of nitrogens with two attached hydrogens (primary N) is 1. The Bertz CT molecular complexity index is 660. The van der Waals surface area contributed by atoms with Crippen LogP contribution in [-0.4, -0.2) is 55.7 Å². The summed E-state index contributed by atoms with van der Waals surface area (Å²) in [4.78, 5) is 18.4. The van der Waals surface area contributed by atoms with Gasteiger partial charge in [0.05, 0.1) is 0 Å². The summed E-state index contributed by atoms with van der Waals surface area (Å²) < 4.78 is 11.8. The van der Waals surface area contributed by atoms with Crippen molar-refractivity contribution in [1.29, 1.82) is 0 Å². The standard InChI is InChI=1S/C21H31N3O3/c1-26-21(16-5-8-23-19(11-16)20(22)25)17-3-2-4-18(21)14-24(13-17)12-15-6-9-27-10-7-15/h5,8,11,15,17-18H,2-4,6-7,9-10,12-14H2,1H3,(H2,22,25)/t17-,18+,21-. The van der Waals surface area contributed by atoms with Crippen LogP contribution in [0.25, 0.3) is 0 Å². The summed E-state index contributed by atoms with van der Waals surface area (Å²) in [6.45, 7) is 5.07. The molecule has 148 valence electrons. The molecule has 0 unspecified atom stereocenters. The molecule has 2 aliphatic heterocycles. The van der Waals surface area contributed by atoms with Gasteiger partial charge in [0, 0.05) is 58.0 Å². The zero-order valence-electron chi connectivity index (χ0n) is 16.2. The molecule has 3 heterocycles. The first-order valence-corrected chi connectivity index (χ1v) is 10.2. The number of ether oxygens (including phenoxy) is 2. The number of hydrogen-bond acceptors (Lipinski definition) is 5. The van der Waals surface area contributed by atoms with Gasteiger partial charge < -0.3 is 20.1 Å². The van der Waals surface area contributed by atoms with E-state index in [0.29, 0.717) is 17.5 Å². The molecule has 3 atom stereocenters. The van der Waals surface area contributed by atoms with E-state index in [9.17, 15) is 4.79 Å². The smallest absolute Gasteiger partial charge is 0.267 e. The molecule has 1 aromatic heterocycles. The quantitative estimate of drug-likeness (QED) is 0.856. The third-order valence-corrected chi connectivity index (χ3v) is 6.93. The monoisotopic (exact) mass is 373 g/mol. The summed E-state index contributed by atoms with van der Waals surface area (Å²) in [6.07, 6.45) is 7.60. The van der Waals surface area contributed by atoms with E-state index >= 15 is 0 Å². The maximum Gasteiger partial charge on any atom is 0.267 e. The van der Waals surface area contributed by atoms with Crippen molar-refractivity contribution in [1.82, 2.24) is 9.88 Å². The van der Waals surface area contributed by atoms with Crippen LogP contribution in [0.1, 0.15) is 48.2 Å². The number of fused-ring (bicyclic) bond motifs is 2. The van der Waals surface area contributed by atoms with Gasteiger partial charge in [-0.3, -0.25) is 9.78 Å². The highest BCUT2D eigenvalue weighted by Crippen LogP contribution is 2.51. The Labute approximate surface area is 161 Å². The molecule has 1 aliphatic carbocycles. The lowest BCUT2D eigenvalue weighted by molar-refractivity contribution is -0.171. The van der Waals surface area contributed by atoms with Crippen molar-refractivity contribution in [3.63, 3.8) is 0 Å². The molecule has 0 radical (unpaired) electrons. The van der Waals surface area contributed by atoms with E-state index in [4.69, 9.17) is 15.2 Å². The van der Waals surface area contributed by atoms with Crippen LogP contribution in [-0.2, 0) is 15.1 Å². The van der Waals surface area contributed by atoms with E-state index in [1.54, 1.807) is 6.20 Å². The Morgan fingerprint density at radius 3 is 2.63 bits per heavy atom. The minimum absolute atomic E-state index is 0.326. The van der Waals surface area contributed by atoms with Crippen LogP contribution in [0.3, 0.4) is 0 Å².